The summed E-state index contributed by atoms with van der Waals surface area (Å²) in [5.74, 6) is 1.03. The molecule has 0 unspecified atom stereocenters. The maximum absolute atomic E-state index is 5.74. The Kier molecular flexibility index (Phi) is 4.05. The molecule has 1 aliphatic rings. The van der Waals surface area contributed by atoms with Crippen LogP contribution in [0.15, 0.2) is 16.7 Å². The van der Waals surface area contributed by atoms with E-state index in [1.807, 2.05) is 6.92 Å². The second-order valence-electron chi connectivity index (χ2n) is 5.37. The van der Waals surface area contributed by atoms with Crippen molar-refractivity contribution in [2.24, 2.45) is 5.73 Å². The van der Waals surface area contributed by atoms with Crippen molar-refractivity contribution >= 4 is 27.1 Å². The van der Waals surface area contributed by atoms with Gasteiger partial charge in [0, 0.05) is 42.9 Å². The number of likely N-dealkylation sites (tertiary alicyclic amines) is 1. The lowest BCUT2D eigenvalue weighted by Crippen LogP contribution is -2.51. The minimum atomic E-state index is 0.603. The molecule has 2 N–H and O–H groups in total. The van der Waals surface area contributed by atoms with Crippen LogP contribution in [0.4, 0.5) is 0 Å². The topological polar surface area (TPSA) is 60.0 Å². The van der Waals surface area contributed by atoms with Gasteiger partial charge in [-0.25, -0.2) is 9.97 Å². The third-order valence-electron chi connectivity index (χ3n) is 4.13. The van der Waals surface area contributed by atoms with Crippen LogP contribution in [-0.4, -0.2) is 45.1 Å². The number of aryl methyl sites for hydroxylation is 2. The van der Waals surface area contributed by atoms with E-state index in [0.717, 1.165) is 47.5 Å². The van der Waals surface area contributed by atoms with Gasteiger partial charge in [0.15, 0.2) is 5.65 Å². The van der Waals surface area contributed by atoms with Gasteiger partial charge in [-0.15, -0.1) is 0 Å². The molecule has 1 aliphatic heterocycles. The first-order valence-electron chi connectivity index (χ1n) is 7.11. The van der Waals surface area contributed by atoms with Gasteiger partial charge in [0.2, 0.25) is 0 Å². The van der Waals surface area contributed by atoms with E-state index in [1.54, 1.807) is 6.20 Å². The van der Waals surface area contributed by atoms with Gasteiger partial charge in [-0.2, -0.15) is 0 Å². The SMILES string of the molecule is Cc1nc2ncc(Br)cc2n1CCCN1CC[C@@H]1CN. The van der Waals surface area contributed by atoms with Gasteiger partial charge in [0.25, 0.3) is 0 Å². The Bertz CT molecular complexity index is 607. The Morgan fingerprint density at radius 1 is 1.45 bits per heavy atom. The second-order valence-corrected chi connectivity index (χ2v) is 6.29. The zero-order valence-corrected chi connectivity index (χ0v) is 13.3. The van der Waals surface area contributed by atoms with Crippen LogP contribution in [0.5, 0.6) is 0 Å². The summed E-state index contributed by atoms with van der Waals surface area (Å²) in [6, 6.07) is 2.70. The Balaban J connectivity index is 1.68. The van der Waals surface area contributed by atoms with Crippen LogP contribution in [0.2, 0.25) is 0 Å². The molecular weight excluding hydrogens is 318 g/mol. The van der Waals surface area contributed by atoms with Crippen molar-refractivity contribution in [1.82, 2.24) is 19.4 Å². The molecule has 1 atom stereocenters. The minimum absolute atomic E-state index is 0.603. The molecule has 2 aromatic heterocycles. The summed E-state index contributed by atoms with van der Waals surface area (Å²) in [6.07, 6.45) is 4.17. The van der Waals surface area contributed by atoms with Gasteiger partial charge in [0.05, 0.1) is 5.52 Å². The van der Waals surface area contributed by atoms with Crippen LogP contribution >= 0.6 is 15.9 Å². The van der Waals surface area contributed by atoms with Gasteiger partial charge < -0.3 is 10.3 Å². The van der Waals surface area contributed by atoms with Crippen LogP contribution < -0.4 is 5.73 Å². The number of nitrogens with two attached hydrogens (primary N) is 1. The van der Waals surface area contributed by atoms with Gasteiger partial charge in [-0.1, -0.05) is 0 Å². The van der Waals surface area contributed by atoms with E-state index in [-0.39, 0.29) is 0 Å². The standard InChI is InChI=1S/C14H20BrN5/c1-10-18-14-13(7-11(15)9-17-14)20(10)5-2-4-19-6-3-12(19)8-16/h7,9,12H,2-6,8,16H2,1H3/t12-/m1/s1. The van der Waals surface area contributed by atoms with E-state index < -0.39 is 0 Å². The molecule has 1 saturated heterocycles. The molecule has 0 radical (unpaired) electrons. The fourth-order valence-corrected chi connectivity index (χ4v) is 3.18. The van der Waals surface area contributed by atoms with E-state index >= 15 is 0 Å². The Labute approximate surface area is 127 Å². The van der Waals surface area contributed by atoms with Crippen LogP contribution in [0.3, 0.4) is 0 Å². The van der Waals surface area contributed by atoms with E-state index in [2.05, 4.69) is 41.4 Å². The Morgan fingerprint density at radius 3 is 3.00 bits per heavy atom. The molecule has 20 heavy (non-hydrogen) atoms. The molecule has 5 nitrogen and oxygen atoms in total. The average Bonchev–Trinajstić information content (AvgIpc) is 2.69. The highest BCUT2D eigenvalue weighted by Crippen LogP contribution is 2.20. The van der Waals surface area contributed by atoms with Gasteiger partial charge in [-0.05, 0) is 41.8 Å². The number of fused-ring (bicyclic) bond motifs is 1. The normalized spacial score (nSPS) is 19.4. The summed E-state index contributed by atoms with van der Waals surface area (Å²) in [6.45, 7) is 6.11. The number of rotatable bonds is 5. The van der Waals surface area contributed by atoms with Crippen molar-refractivity contribution in [3.8, 4) is 0 Å². The third kappa shape index (κ3) is 2.60. The lowest BCUT2D eigenvalue weighted by molar-refractivity contribution is 0.0940. The van der Waals surface area contributed by atoms with Crippen molar-refractivity contribution < 1.29 is 0 Å². The molecule has 3 rings (SSSR count). The molecule has 0 amide bonds. The Morgan fingerprint density at radius 2 is 2.30 bits per heavy atom. The Hall–Kier alpha value is -0.980. The first kappa shape index (κ1) is 14.0. The summed E-state index contributed by atoms with van der Waals surface area (Å²) in [4.78, 5) is 11.3. The summed E-state index contributed by atoms with van der Waals surface area (Å²) in [7, 11) is 0. The lowest BCUT2D eigenvalue weighted by atomic mass is 10.0. The van der Waals surface area contributed by atoms with Crippen LogP contribution in [0, 0.1) is 6.92 Å². The highest BCUT2D eigenvalue weighted by Gasteiger charge is 2.25. The predicted octanol–water partition coefficient (Wildman–Crippen LogP) is 1.93. The minimum Gasteiger partial charge on any atom is -0.329 e. The fraction of sp³-hybridized carbons (Fsp3) is 0.571. The van der Waals surface area contributed by atoms with Crippen molar-refractivity contribution in [2.75, 3.05) is 19.6 Å². The summed E-state index contributed by atoms with van der Waals surface area (Å²) in [5.41, 5.74) is 7.67. The lowest BCUT2D eigenvalue weighted by Gasteiger charge is -2.40. The largest absolute Gasteiger partial charge is 0.329 e. The van der Waals surface area contributed by atoms with Crippen LogP contribution in [-0.2, 0) is 6.54 Å². The number of hydrogen-bond acceptors (Lipinski definition) is 4. The van der Waals surface area contributed by atoms with E-state index in [9.17, 15) is 0 Å². The summed E-state index contributed by atoms with van der Waals surface area (Å²) in [5, 5.41) is 0. The predicted molar refractivity (Wildman–Crippen MR) is 83.6 cm³/mol. The maximum Gasteiger partial charge on any atom is 0.177 e. The second kappa shape index (κ2) is 5.79. The fourth-order valence-electron chi connectivity index (χ4n) is 2.86. The van der Waals surface area contributed by atoms with E-state index in [0.29, 0.717) is 6.04 Å². The number of halogens is 1. The zero-order chi connectivity index (χ0) is 14.1. The number of hydrogen-bond donors (Lipinski definition) is 1. The third-order valence-corrected chi connectivity index (χ3v) is 4.56. The quantitative estimate of drug-likeness (QED) is 0.905. The van der Waals surface area contributed by atoms with Crippen LogP contribution in [0.25, 0.3) is 11.2 Å². The molecule has 0 aliphatic carbocycles. The van der Waals surface area contributed by atoms with Crippen molar-refractivity contribution in [1.29, 1.82) is 0 Å². The molecule has 0 saturated carbocycles. The van der Waals surface area contributed by atoms with Gasteiger partial charge in [0.1, 0.15) is 5.82 Å². The molecule has 2 aromatic rings. The molecule has 0 aromatic carbocycles. The molecule has 0 bridgehead atoms. The molecule has 1 fully saturated rings. The zero-order valence-electron chi connectivity index (χ0n) is 11.7. The van der Waals surface area contributed by atoms with Crippen molar-refractivity contribution in [2.45, 2.75) is 32.4 Å². The van der Waals surface area contributed by atoms with E-state index in [4.69, 9.17) is 5.73 Å². The molecule has 108 valence electrons. The smallest absolute Gasteiger partial charge is 0.177 e. The average molecular weight is 338 g/mol. The molecule has 0 spiro atoms. The highest BCUT2D eigenvalue weighted by atomic mass is 79.9. The van der Waals surface area contributed by atoms with Gasteiger partial charge >= 0.3 is 0 Å². The molecule has 6 heteroatoms. The van der Waals surface area contributed by atoms with Crippen molar-refractivity contribution in [3.05, 3.63) is 22.6 Å². The van der Waals surface area contributed by atoms with Gasteiger partial charge in [-0.3, -0.25) is 4.90 Å². The van der Waals surface area contributed by atoms with E-state index in [1.165, 1.54) is 13.0 Å². The summed E-state index contributed by atoms with van der Waals surface area (Å²) >= 11 is 3.48. The van der Waals surface area contributed by atoms with Crippen LogP contribution in [0.1, 0.15) is 18.7 Å². The first-order chi connectivity index (χ1) is 9.69. The molecular formula is C14H20BrN5. The number of aromatic nitrogens is 3. The van der Waals surface area contributed by atoms with Crippen molar-refractivity contribution in [3.63, 3.8) is 0 Å². The monoisotopic (exact) mass is 337 g/mol. The molecule has 3 heterocycles. The maximum atomic E-state index is 5.74. The first-order valence-corrected chi connectivity index (χ1v) is 7.91. The highest BCUT2D eigenvalue weighted by molar-refractivity contribution is 9.10. The number of imidazole rings is 1. The summed E-state index contributed by atoms with van der Waals surface area (Å²) < 4.78 is 3.25. The number of pyridine rings is 1. The number of nitrogens with zero attached hydrogens (tertiary/aromatic N) is 4.